The molecule has 0 fully saturated rings. The highest BCUT2D eigenvalue weighted by molar-refractivity contribution is 7.99. The van der Waals surface area contributed by atoms with Gasteiger partial charge in [0.15, 0.2) is 5.16 Å². The molecular formula is C14H16ClN3S. The molecule has 0 spiro atoms. The Morgan fingerprint density at radius 1 is 1.21 bits per heavy atom. The van der Waals surface area contributed by atoms with Crippen molar-refractivity contribution in [2.75, 3.05) is 6.54 Å². The number of rotatable bonds is 6. The molecule has 0 aliphatic rings. The molecule has 0 unspecified atom stereocenters. The summed E-state index contributed by atoms with van der Waals surface area (Å²) in [5.41, 5.74) is 1.18. The van der Waals surface area contributed by atoms with E-state index in [1.165, 1.54) is 17.3 Å². The lowest BCUT2D eigenvalue weighted by atomic mass is 10.2. The van der Waals surface area contributed by atoms with E-state index in [1.807, 2.05) is 12.1 Å². The maximum absolute atomic E-state index is 6.29. The lowest BCUT2D eigenvalue weighted by Gasteiger charge is -2.10. The summed E-state index contributed by atoms with van der Waals surface area (Å²) in [4.78, 5) is 9.48. The van der Waals surface area contributed by atoms with E-state index in [2.05, 4.69) is 28.3 Å². The van der Waals surface area contributed by atoms with Crippen LogP contribution in [0.1, 0.15) is 18.9 Å². The molecule has 2 rings (SSSR count). The number of nitrogens with one attached hydrogen (secondary N) is 1. The molecule has 3 nitrogen and oxygen atoms in total. The summed E-state index contributed by atoms with van der Waals surface area (Å²) < 4.78 is 0. The van der Waals surface area contributed by atoms with Gasteiger partial charge in [0, 0.05) is 23.8 Å². The van der Waals surface area contributed by atoms with E-state index in [9.17, 15) is 0 Å². The Morgan fingerprint density at radius 2 is 2.00 bits per heavy atom. The number of aromatic nitrogens is 2. The summed E-state index contributed by atoms with van der Waals surface area (Å²) in [6, 6.07) is 7.76. The van der Waals surface area contributed by atoms with Crippen molar-refractivity contribution in [3.8, 4) is 0 Å². The topological polar surface area (TPSA) is 37.8 Å². The third-order valence-corrected chi connectivity index (χ3v) is 4.03. The van der Waals surface area contributed by atoms with Crippen LogP contribution in [0.15, 0.2) is 46.7 Å². The predicted octanol–water partition coefficient (Wildman–Crippen LogP) is 3.78. The molecule has 0 atom stereocenters. The fourth-order valence-electron chi connectivity index (χ4n) is 1.64. The van der Waals surface area contributed by atoms with Gasteiger partial charge in [0.05, 0.1) is 5.02 Å². The van der Waals surface area contributed by atoms with Crippen molar-refractivity contribution in [1.29, 1.82) is 0 Å². The van der Waals surface area contributed by atoms with Gasteiger partial charge < -0.3 is 5.32 Å². The molecule has 19 heavy (non-hydrogen) atoms. The number of hydrogen-bond donors (Lipinski definition) is 1. The molecule has 1 aromatic carbocycles. The number of nitrogens with zero attached hydrogens (tertiary/aromatic N) is 2. The third kappa shape index (κ3) is 4.20. The van der Waals surface area contributed by atoms with Crippen molar-refractivity contribution in [2.24, 2.45) is 0 Å². The van der Waals surface area contributed by atoms with Crippen molar-refractivity contribution in [2.45, 2.75) is 29.9 Å². The van der Waals surface area contributed by atoms with Crippen molar-refractivity contribution < 1.29 is 0 Å². The molecule has 0 amide bonds. The summed E-state index contributed by atoms with van der Waals surface area (Å²) in [5.74, 6) is 0. The lowest BCUT2D eigenvalue weighted by Crippen LogP contribution is -2.14. The second-order valence-corrected chi connectivity index (χ2v) is 5.42. The van der Waals surface area contributed by atoms with E-state index in [0.29, 0.717) is 5.16 Å². The second-order valence-electron chi connectivity index (χ2n) is 4.04. The van der Waals surface area contributed by atoms with Gasteiger partial charge >= 0.3 is 0 Å². The minimum Gasteiger partial charge on any atom is -0.313 e. The Hall–Kier alpha value is -1.10. The Labute approximate surface area is 122 Å². The van der Waals surface area contributed by atoms with Gasteiger partial charge in [0.2, 0.25) is 0 Å². The molecule has 100 valence electrons. The Bertz CT molecular complexity index is 519. The molecule has 1 heterocycles. The molecule has 0 saturated heterocycles. The molecule has 0 radical (unpaired) electrons. The first-order chi connectivity index (χ1) is 9.31. The Morgan fingerprint density at radius 3 is 2.74 bits per heavy atom. The molecule has 1 N–H and O–H groups in total. The monoisotopic (exact) mass is 293 g/mol. The molecule has 2 aromatic rings. The van der Waals surface area contributed by atoms with E-state index >= 15 is 0 Å². The van der Waals surface area contributed by atoms with E-state index in [4.69, 9.17) is 11.6 Å². The smallest absolute Gasteiger partial charge is 0.192 e. The van der Waals surface area contributed by atoms with E-state index in [1.54, 1.807) is 18.5 Å². The van der Waals surface area contributed by atoms with Crippen LogP contribution in [0.3, 0.4) is 0 Å². The normalized spacial score (nSPS) is 10.6. The minimum absolute atomic E-state index is 0.715. The number of halogens is 1. The van der Waals surface area contributed by atoms with E-state index < -0.39 is 0 Å². The van der Waals surface area contributed by atoms with Gasteiger partial charge in [0.1, 0.15) is 0 Å². The van der Waals surface area contributed by atoms with Crippen molar-refractivity contribution in [3.63, 3.8) is 0 Å². The van der Waals surface area contributed by atoms with Crippen molar-refractivity contribution in [1.82, 2.24) is 15.3 Å². The zero-order valence-electron chi connectivity index (χ0n) is 10.8. The van der Waals surface area contributed by atoms with E-state index in [0.717, 1.165) is 29.4 Å². The van der Waals surface area contributed by atoms with E-state index in [-0.39, 0.29) is 0 Å². The zero-order valence-corrected chi connectivity index (χ0v) is 12.3. The average molecular weight is 294 g/mol. The number of benzene rings is 1. The highest BCUT2D eigenvalue weighted by Gasteiger charge is 2.10. The summed E-state index contributed by atoms with van der Waals surface area (Å²) in [6.07, 6.45) is 4.59. The first kappa shape index (κ1) is 14.3. The molecule has 5 heteroatoms. The highest BCUT2D eigenvalue weighted by atomic mass is 35.5. The van der Waals surface area contributed by atoms with Crippen LogP contribution in [0.2, 0.25) is 5.02 Å². The minimum atomic E-state index is 0.715. The van der Waals surface area contributed by atoms with Gasteiger partial charge in [0.25, 0.3) is 0 Å². The van der Waals surface area contributed by atoms with Crippen LogP contribution in [-0.2, 0) is 6.54 Å². The van der Waals surface area contributed by atoms with Crippen molar-refractivity contribution >= 4 is 23.4 Å². The molecule has 0 aliphatic heterocycles. The quantitative estimate of drug-likeness (QED) is 0.650. The zero-order chi connectivity index (χ0) is 13.5. The maximum atomic E-state index is 6.29. The van der Waals surface area contributed by atoms with Crippen LogP contribution >= 0.6 is 23.4 Å². The Balaban J connectivity index is 2.18. The van der Waals surface area contributed by atoms with Crippen LogP contribution in [0.4, 0.5) is 0 Å². The fourth-order valence-corrected chi connectivity index (χ4v) is 2.79. The van der Waals surface area contributed by atoms with Gasteiger partial charge in [-0.15, -0.1) is 0 Å². The summed E-state index contributed by atoms with van der Waals surface area (Å²) in [5, 5.41) is 4.85. The second kappa shape index (κ2) is 7.48. The molecular weight excluding hydrogens is 278 g/mol. The third-order valence-electron chi connectivity index (χ3n) is 2.53. The van der Waals surface area contributed by atoms with Gasteiger partial charge in [-0.05, 0) is 42.4 Å². The van der Waals surface area contributed by atoms with Gasteiger partial charge in [-0.25, -0.2) is 9.97 Å². The predicted molar refractivity (Wildman–Crippen MR) is 79.6 cm³/mol. The summed E-state index contributed by atoms with van der Waals surface area (Å²) in [7, 11) is 0. The molecule has 1 aromatic heterocycles. The van der Waals surface area contributed by atoms with Gasteiger partial charge in [-0.2, -0.15) is 0 Å². The van der Waals surface area contributed by atoms with Crippen LogP contribution in [-0.4, -0.2) is 16.5 Å². The molecule has 0 bridgehead atoms. The van der Waals surface area contributed by atoms with Crippen LogP contribution in [0.5, 0.6) is 0 Å². The Kier molecular flexibility index (Phi) is 5.63. The van der Waals surface area contributed by atoms with Gasteiger partial charge in [-0.3, -0.25) is 0 Å². The van der Waals surface area contributed by atoms with Crippen LogP contribution in [0.25, 0.3) is 0 Å². The van der Waals surface area contributed by atoms with Crippen LogP contribution in [0, 0.1) is 0 Å². The van der Waals surface area contributed by atoms with Crippen molar-refractivity contribution in [3.05, 3.63) is 47.2 Å². The average Bonchev–Trinajstić information content (AvgIpc) is 2.44. The summed E-state index contributed by atoms with van der Waals surface area (Å²) in [6.45, 7) is 3.96. The van der Waals surface area contributed by atoms with Gasteiger partial charge in [-0.1, -0.05) is 30.7 Å². The number of hydrogen-bond acceptors (Lipinski definition) is 4. The van der Waals surface area contributed by atoms with Crippen LogP contribution < -0.4 is 5.32 Å². The fraction of sp³-hybridized carbons (Fsp3) is 0.286. The first-order valence-electron chi connectivity index (χ1n) is 6.24. The largest absolute Gasteiger partial charge is 0.313 e. The lowest BCUT2D eigenvalue weighted by molar-refractivity contribution is 0.669. The molecule has 0 saturated carbocycles. The SMILES string of the molecule is CCCNCc1cccc(Cl)c1Sc1ncccn1. The molecule has 0 aliphatic carbocycles. The standard InChI is InChI=1S/C14H16ClN3S/c1-2-7-16-10-11-5-3-6-12(15)13(11)19-14-17-8-4-9-18-14/h3-6,8-9,16H,2,7,10H2,1H3. The maximum Gasteiger partial charge on any atom is 0.192 e. The first-order valence-corrected chi connectivity index (χ1v) is 7.43. The summed E-state index contributed by atoms with van der Waals surface area (Å²) >= 11 is 7.79. The highest BCUT2D eigenvalue weighted by Crippen LogP contribution is 2.34.